The molecule has 3 aromatic rings. The quantitative estimate of drug-likeness (QED) is 0.0344. The van der Waals surface area contributed by atoms with Crippen molar-refractivity contribution in [3.63, 3.8) is 0 Å². The van der Waals surface area contributed by atoms with Gasteiger partial charge in [-0.2, -0.15) is 0 Å². The molecule has 7 amide bonds. The fourth-order valence-electron chi connectivity index (χ4n) is 9.37. The maximum Gasteiger partial charge on any atom is 0.264 e. The first-order valence-electron chi connectivity index (χ1n) is 27.1. The van der Waals surface area contributed by atoms with Gasteiger partial charge in [-0.15, -0.1) is 0 Å². The summed E-state index contributed by atoms with van der Waals surface area (Å²) in [6.45, 7) is 15.3. The van der Waals surface area contributed by atoms with E-state index in [9.17, 15) is 47.1 Å². The van der Waals surface area contributed by atoms with Gasteiger partial charge < -0.3 is 47.2 Å². The van der Waals surface area contributed by atoms with E-state index in [0.29, 0.717) is 50.8 Å². The fourth-order valence-corrected chi connectivity index (χ4v) is 10.4. The zero-order chi connectivity index (χ0) is 58.7. The summed E-state index contributed by atoms with van der Waals surface area (Å²) in [5.41, 5.74) is 6.68. The first kappa shape index (κ1) is 64.8. The molecule has 432 valence electrons. The Balaban J connectivity index is 1.39. The second kappa shape index (κ2) is 30.0. The molecule has 9 N–H and O–H groups in total. The third kappa shape index (κ3) is 19.2. The van der Waals surface area contributed by atoms with Crippen molar-refractivity contribution in [1.29, 1.82) is 0 Å². The summed E-state index contributed by atoms with van der Waals surface area (Å²) >= 11 is 0. The Labute approximate surface area is 467 Å². The predicted octanol–water partition coefficient (Wildman–Crippen LogP) is 4.25. The Hall–Kier alpha value is -6.74. The molecule has 0 radical (unpaired) electrons. The number of aliphatic hydroxyl groups is 1. The van der Waals surface area contributed by atoms with Crippen molar-refractivity contribution < 1.29 is 47.1 Å². The fraction of sp³-hybridized carbons (Fsp3) is 0.508. The van der Waals surface area contributed by atoms with Crippen LogP contribution in [0.2, 0.25) is 0 Å². The van der Waals surface area contributed by atoms with Gasteiger partial charge in [0.25, 0.3) is 15.9 Å². The minimum Gasteiger partial charge on any atom is -0.370 e. The van der Waals surface area contributed by atoms with Gasteiger partial charge in [0.1, 0.15) is 24.4 Å². The molecule has 19 nitrogen and oxygen atoms in total. The predicted molar refractivity (Wildman–Crippen MR) is 305 cm³/mol. The van der Waals surface area contributed by atoms with Gasteiger partial charge in [0.2, 0.25) is 35.4 Å². The number of aliphatic hydroxyl groups excluding tert-OH is 1. The Bertz CT molecular complexity index is 2710. The van der Waals surface area contributed by atoms with Crippen LogP contribution in [0.1, 0.15) is 117 Å². The van der Waals surface area contributed by atoms with Crippen LogP contribution in [-0.2, 0) is 62.0 Å². The van der Waals surface area contributed by atoms with E-state index in [1.54, 1.807) is 20.2 Å². The van der Waals surface area contributed by atoms with E-state index in [1.165, 1.54) is 53.1 Å². The molecule has 20 heteroatoms. The highest BCUT2D eigenvalue weighted by molar-refractivity contribution is 7.90. The molecule has 1 aliphatic rings. The third-order valence-corrected chi connectivity index (χ3v) is 15.6. The lowest BCUT2D eigenvalue weighted by molar-refractivity contribution is -0.141. The first-order chi connectivity index (χ1) is 37.2. The van der Waals surface area contributed by atoms with Crippen LogP contribution in [0.4, 0.5) is 0 Å². The number of nitrogens with two attached hydrogens (primary N) is 1. The number of hydrogen-bond acceptors (Lipinski definition) is 12. The van der Waals surface area contributed by atoms with Crippen LogP contribution in [0.25, 0.3) is 0 Å². The summed E-state index contributed by atoms with van der Waals surface area (Å²) < 4.78 is 29.3. The Morgan fingerprint density at radius 2 is 1.41 bits per heavy atom. The normalized spacial score (nSPS) is 15.9. The number of nitrogens with zero attached hydrogens (tertiary/aromatic N) is 2. The van der Waals surface area contributed by atoms with Crippen LogP contribution in [-0.4, -0.2) is 128 Å². The largest absolute Gasteiger partial charge is 0.370 e. The highest BCUT2D eigenvalue weighted by atomic mass is 32.2. The molecule has 0 bridgehead atoms. The van der Waals surface area contributed by atoms with E-state index in [2.05, 4.69) is 31.3 Å². The minimum atomic E-state index is -4.40. The molecule has 0 saturated heterocycles. The van der Waals surface area contributed by atoms with Crippen molar-refractivity contribution >= 4 is 51.4 Å². The van der Waals surface area contributed by atoms with Gasteiger partial charge >= 0.3 is 0 Å². The Morgan fingerprint density at radius 1 is 0.772 bits per heavy atom. The lowest BCUT2D eigenvalue weighted by Gasteiger charge is -2.40. The molecule has 79 heavy (non-hydrogen) atoms. The van der Waals surface area contributed by atoms with Gasteiger partial charge in [0.15, 0.2) is 0 Å². The number of carbonyl (C=O) groups excluding carboxylic acids is 7. The number of rotatable bonds is 30. The smallest absolute Gasteiger partial charge is 0.264 e. The summed E-state index contributed by atoms with van der Waals surface area (Å²) in [6, 6.07) is 20.0. The minimum absolute atomic E-state index is 0.0352. The number of benzene rings is 3. The lowest BCUT2D eigenvalue weighted by Crippen LogP contribution is -2.61. The van der Waals surface area contributed by atoms with Crippen molar-refractivity contribution in [2.24, 2.45) is 17.1 Å². The first-order valence-corrected chi connectivity index (χ1v) is 28.6. The number of likely N-dealkylation sites (N-methyl/N-ethyl adjacent to an activating group) is 2. The molecule has 0 spiro atoms. The molecule has 1 heterocycles. The molecule has 3 aromatic carbocycles. The maximum absolute atomic E-state index is 14.4. The molecule has 0 fully saturated rings. The monoisotopic (exact) mass is 1110 g/mol. The van der Waals surface area contributed by atoms with Crippen LogP contribution >= 0.6 is 0 Å². The zero-order valence-electron chi connectivity index (χ0n) is 47.6. The third-order valence-electron chi connectivity index (χ3n) is 14.2. The number of hydrogen-bond donors (Lipinski definition) is 8. The van der Waals surface area contributed by atoms with E-state index >= 15 is 0 Å². The molecule has 0 aliphatic carbocycles. The molecule has 0 saturated carbocycles. The SMILES string of the molecule is CNC(C(=O)NC(C(=O)N(C)C(C=C(C)C(=O)NS(=O)(=O)c1ccc(CNC(=O)C(CCCCN)NC(=O)C(Cc2ccccc2)NC(=O)CCCCCN2C(=O)C=CC2O)cc1)C(C)C)C(C)(C)C)C(C)(C)c1ccccc1. The second-order valence-corrected chi connectivity index (χ2v) is 23.9. The second-order valence-electron chi connectivity index (χ2n) is 22.2. The summed E-state index contributed by atoms with van der Waals surface area (Å²) in [7, 11) is -1.11. The number of sulfonamides is 1. The van der Waals surface area contributed by atoms with Crippen LogP contribution in [0.5, 0.6) is 0 Å². The summed E-state index contributed by atoms with van der Waals surface area (Å²) in [5, 5.41) is 24.6. The van der Waals surface area contributed by atoms with Crippen molar-refractivity contribution in [1.82, 2.24) is 41.1 Å². The summed E-state index contributed by atoms with van der Waals surface area (Å²) in [6.07, 6.45) is 6.63. The van der Waals surface area contributed by atoms with E-state index in [4.69, 9.17) is 5.73 Å². The Morgan fingerprint density at radius 3 is 1.97 bits per heavy atom. The molecule has 6 unspecified atom stereocenters. The maximum atomic E-state index is 14.4. The lowest BCUT2D eigenvalue weighted by atomic mass is 9.76. The van der Waals surface area contributed by atoms with Crippen molar-refractivity contribution in [2.75, 3.05) is 27.2 Å². The number of nitrogens with one attached hydrogen (secondary N) is 6. The summed E-state index contributed by atoms with van der Waals surface area (Å²) in [5.74, 6) is -3.57. The molecule has 0 aromatic heterocycles. The van der Waals surface area contributed by atoms with Crippen LogP contribution < -0.4 is 37.0 Å². The van der Waals surface area contributed by atoms with Gasteiger partial charge in [-0.05, 0) is 98.9 Å². The standard InChI is InChI=1S/C59H85N9O10S/c1-39(2)47(67(10)57(76)52(58(4,5)6)65-56(75)51(61-9)59(7,8)43-24-16-12-17-25-43)36-40(3)53(72)66-79(77,78)44-30-28-42(29-31-44)38-62-54(73)45(26-19-20-34-60)64-55(74)46(37-41-22-14-11-15-23-41)63-48(69)27-18-13-21-35-68-49(70)32-33-50(68)71/h11-12,14-17,22-25,28-33,36,39,45-47,49,51-52,61,70H,13,18-21,26-27,34-35,37-38,60H2,1-10H3,(H,62,73)(H,63,69)(H,64,74)(H,65,75)(H,66,72). The van der Waals surface area contributed by atoms with Crippen molar-refractivity contribution in [2.45, 2.75) is 160 Å². The van der Waals surface area contributed by atoms with Gasteiger partial charge in [0.05, 0.1) is 17.0 Å². The van der Waals surface area contributed by atoms with Gasteiger partial charge in [-0.25, -0.2) is 13.1 Å². The highest BCUT2D eigenvalue weighted by Gasteiger charge is 2.42. The Kier molecular flexibility index (Phi) is 24.6. The van der Waals surface area contributed by atoms with E-state index in [-0.39, 0.29) is 59.9 Å². The molecule has 1 aliphatic heterocycles. The van der Waals surface area contributed by atoms with E-state index in [1.807, 2.05) is 109 Å². The van der Waals surface area contributed by atoms with Crippen molar-refractivity contribution in [3.8, 4) is 0 Å². The van der Waals surface area contributed by atoms with Crippen LogP contribution in [0, 0.1) is 11.3 Å². The molecular weight excluding hydrogens is 1030 g/mol. The summed E-state index contributed by atoms with van der Waals surface area (Å²) in [4.78, 5) is 97.4. The van der Waals surface area contributed by atoms with E-state index in [0.717, 1.165) is 11.1 Å². The van der Waals surface area contributed by atoms with Gasteiger partial charge in [0, 0.05) is 50.0 Å². The van der Waals surface area contributed by atoms with Crippen molar-refractivity contribution in [3.05, 3.63) is 125 Å². The van der Waals surface area contributed by atoms with E-state index < -0.39 is 80.9 Å². The molecule has 6 atom stereocenters. The van der Waals surface area contributed by atoms with Gasteiger partial charge in [-0.1, -0.05) is 134 Å². The number of amides is 7. The highest BCUT2D eigenvalue weighted by Crippen LogP contribution is 2.29. The number of unbranched alkanes of at least 4 members (excludes halogenated alkanes) is 3. The van der Waals surface area contributed by atoms with Crippen LogP contribution in [0.3, 0.4) is 0 Å². The zero-order valence-corrected chi connectivity index (χ0v) is 48.5. The molecular formula is C59H85N9O10S. The van der Waals surface area contributed by atoms with Crippen LogP contribution in [0.15, 0.2) is 114 Å². The van der Waals surface area contributed by atoms with Gasteiger partial charge in [-0.3, -0.25) is 33.6 Å². The molecule has 4 rings (SSSR count). The number of carbonyl (C=O) groups is 7. The topological polar surface area (TPSA) is 279 Å². The average molecular weight is 1110 g/mol. The average Bonchev–Trinajstić information content (AvgIpc) is 3.77.